The normalized spacial score (nSPS) is 11.9. The van der Waals surface area contributed by atoms with Crippen molar-refractivity contribution in [1.82, 2.24) is 5.32 Å². The molecule has 0 heterocycles. The first-order chi connectivity index (χ1) is 8.95. The number of nitro benzene ring substituents is 1. The standard InChI is InChI=1S/C12H15FN2O3S/c1-3-19-7-8(2)14-12(16)10-6-9(13)4-5-11(10)15(17)18/h4-6,8H,3,7H2,1-2H3,(H,14,16). The second kappa shape index (κ2) is 7.08. The van der Waals surface area contributed by atoms with E-state index in [-0.39, 0.29) is 11.6 Å². The van der Waals surface area contributed by atoms with Crippen LogP contribution in [0.3, 0.4) is 0 Å². The average Bonchev–Trinajstić information content (AvgIpc) is 2.35. The summed E-state index contributed by atoms with van der Waals surface area (Å²) < 4.78 is 13.1. The Balaban J connectivity index is 2.86. The second-order valence-corrected chi connectivity index (χ2v) is 5.27. The summed E-state index contributed by atoms with van der Waals surface area (Å²) in [6.07, 6.45) is 0. The SMILES string of the molecule is CCSCC(C)NC(=O)c1cc(F)ccc1[N+](=O)[O-]. The lowest BCUT2D eigenvalue weighted by Crippen LogP contribution is -2.34. The fourth-order valence-electron chi connectivity index (χ4n) is 1.49. The van der Waals surface area contributed by atoms with E-state index in [1.165, 1.54) is 0 Å². The Morgan fingerprint density at radius 2 is 2.26 bits per heavy atom. The molecule has 1 atom stereocenters. The maximum atomic E-state index is 13.1. The molecule has 19 heavy (non-hydrogen) atoms. The Bertz CT molecular complexity index is 482. The predicted molar refractivity (Wildman–Crippen MR) is 73.0 cm³/mol. The lowest BCUT2D eigenvalue weighted by molar-refractivity contribution is -0.385. The van der Waals surface area contributed by atoms with Gasteiger partial charge < -0.3 is 5.32 Å². The first-order valence-electron chi connectivity index (χ1n) is 5.78. The lowest BCUT2D eigenvalue weighted by atomic mass is 10.1. The number of nitro groups is 1. The lowest BCUT2D eigenvalue weighted by Gasteiger charge is -2.13. The third-order valence-electron chi connectivity index (χ3n) is 2.35. The molecular formula is C12H15FN2O3S. The zero-order valence-electron chi connectivity index (χ0n) is 10.7. The van der Waals surface area contributed by atoms with E-state index in [0.29, 0.717) is 5.75 Å². The Morgan fingerprint density at radius 3 is 2.84 bits per heavy atom. The Morgan fingerprint density at radius 1 is 1.58 bits per heavy atom. The number of hydrogen-bond acceptors (Lipinski definition) is 4. The molecule has 7 heteroatoms. The molecule has 0 fully saturated rings. The van der Waals surface area contributed by atoms with Crippen LogP contribution < -0.4 is 5.32 Å². The molecule has 0 aliphatic rings. The van der Waals surface area contributed by atoms with Crippen LogP contribution in [0.15, 0.2) is 18.2 Å². The van der Waals surface area contributed by atoms with E-state index >= 15 is 0 Å². The number of thioether (sulfide) groups is 1. The summed E-state index contributed by atoms with van der Waals surface area (Å²) in [5.41, 5.74) is -0.646. The van der Waals surface area contributed by atoms with Gasteiger partial charge in [-0.05, 0) is 24.8 Å². The third-order valence-corrected chi connectivity index (χ3v) is 3.49. The minimum atomic E-state index is -0.695. The van der Waals surface area contributed by atoms with E-state index in [1.54, 1.807) is 18.7 Å². The topological polar surface area (TPSA) is 72.2 Å². The van der Waals surface area contributed by atoms with Crippen LogP contribution in [0.1, 0.15) is 24.2 Å². The van der Waals surface area contributed by atoms with Crippen molar-refractivity contribution < 1.29 is 14.1 Å². The number of carbonyl (C=O) groups excluding carboxylic acids is 1. The molecule has 0 aliphatic heterocycles. The van der Waals surface area contributed by atoms with Gasteiger partial charge in [-0.3, -0.25) is 14.9 Å². The van der Waals surface area contributed by atoms with Gasteiger partial charge in [-0.1, -0.05) is 6.92 Å². The van der Waals surface area contributed by atoms with Gasteiger partial charge >= 0.3 is 0 Å². The Kier molecular flexibility index (Phi) is 5.75. The van der Waals surface area contributed by atoms with Gasteiger partial charge in [-0.2, -0.15) is 11.8 Å². The maximum Gasteiger partial charge on any atom is 0.282 e. The summed E-state index contributed by atoms with van der Waals surface area (Å²) in [4.78, 5) is 22.0. The number of halogens is 1. The number of carbonyl (C=O) groups is 1. The highest BCUT2D eigenvalue weighted by Crippen LogP contribution is 2.19. The second-order valence-electron chi connectivity index (χ2n) is 3.95. The molecule has 1 unspecified atom stereocenters. The first-order valence-corrected chi connectivity index (χ1v) is 6.93. The van der Waals surface area contributed by atoms with Crippen LogP contribution in [-0.4, -0.2) is 28.4 Å². The van der Waals surface area contributed by atoms with Crippen LogP contribution in [0, 0.1) is 15.9 Å². The molecule has 1 amide bonds. The Labute approximate surface area is 114 Å². The van der Waals surface area contributed by atoms with Crippen LogP contribution in [0.4, 0.5) is 10.1 Å². The Hall–Kier alpha value is -1.63. The summed E-state index contributed by atoms with van der Waals surface area (Å²) in [5.74, 6) is 0.313. The molecule has 104 valence electrons. The van der Waals surface area contributed by atoms with Gasteiger partial charge in [-0.25, -0.2) is 4.39 Å². The van der Waals surface area contributed by atoms with Gasteiger partial charge in [0.2, 0.25) is 0 Å². The van der Waals surface area contributed by atoms with E-state index in [1.807, 2.05) is 6.92 Å². The molecule has 1 rings (SSSR count). The minimum absolute atomic E-state index is 0.139. The quantitative estimate of drug-likeness (QED) is 0.644. The molecule has 1 N–H and O–H groups in total. The smallest absolute Gasteiger partial charge is 0.282 e. The van der Waals surface area contributed by atoms with Gasteiger partial charge in [0, 0.05) is 17.9 Å². The molecule has 0 spiro atoms. The van der Waals surface area contributed by atoms with Crippen LogP contribution >= 0.6 is 11.8 Å². The molecule has 0 aliphatic carbocycles. The summed E-state index contributed by atoms with van der Waals surface area (Å²) in [5, 5.41) is 13.4. The van der Waals surface area contributed by atoms with Crippen molar-refractivity contribution in [2.45, 2.75) is 19.9 Å². The van der Waals surface area contributed by atoms with Crippen molar-refractivity contribution in [3.63, 3.8) is 0 Å². The molecule has 1 aromatic carbocycles. The van der Waals surface area contributed by atoms with Crippen molar-refractivity contribution >= 4 is 23.4 Å². The van der Waals surface area contributed by atoms with Crippen LogP contribution in [0.5, 0.6) is 0 Å². The monoisotopic (exact) mass is 286 g/mol. The van der Waals surface area contributed by atoms with E-state index in [2.05, 4.69) is 5.32 Å². The number of hydrogen-bond donors (Lipinski definition) is 1. The van der Waals surface area contributed by atoms with E-state index in [0.717, 1.165) is 24.0 Å². The fraction of sp³-hybridized carbons (Fsp3) is 0.417. The number of nitrogens with zero attached hydrogens (tertiary/aromatic N) is 1. The average molecular weight is 286 g/mol. The molecule has 1 aromatic rings. The van der Waals surface area contributed by atoms with Gasteiger partial charge in [0.05, 0.1) is 4.92 Å². The fourth-order valence-corrected chi connectivity index (χ4v) is 2.16. The summed E-state index contributed by atoms with van der Waals surface area (Å²) in [7, 11) is 0. The zero-order chi connectivity index (χ0) is 14.4. The molecule has 0 radical (unpaired) electrons. The van der Waals surface area contributed by atoms with Crippen molar-refractivity contribution in [2.75, 3.05) is 11.5 Å². The van der Waals surface area contributed by atoms with E-state index in [9.17, 15) is 19.3 Å². The van der Waals surface area contributed by atoms with Crippen LogP contribution in [-0.2, 0) is 0 Å². The summed E-state index contributed by atoms with van der Waals surface area (Å²) in [6.45, 7) is 3.79. The van der Waals surface area contributed by atoms with E-state index in [4.69, 9.17) is 0 Å². The van der Waals surface area contributed by atoms with Gasteiger partial charge in [0.1, 0.15) is 11.4 Å². The highest BCUT2D eigenvalue weighted by molar-refractivity contribution is 7.99. The zero-order valence-corrected chi connectivity index (χ0v) is 11.5. The van der Waals surface area contributed by atoms with Crippen LogP contribution in [0.2, 0.25) is 0 Å². The molecule has 0 aromatic heterocycles. The van der Waals surface area contributed by atoms with Crippen molar-refractivity contribution in [2.24, 2.45) is 0 Å². The first kappa shape index (κ1) is 15.4. The van der Waals surface area contributed by atoms with E-state index < -0.39 is 22.3 Å². The summed E-state index contributed by atoms with van der Waals surface area (Å²) >= 11 is 1.64. The molecule has 0 saturated heterocycles. The predicted octanol–water partition coefficient (Wildman–Crippen LogP) is 2.61. The highest BCUT2D eigenvalue weighted by Gasteiger charge is 2.21. The van der Waals surface area contributed by atoms with Gasteiger partial charge in [0.15, 0.2) is 0 Å². The molecule has 0 bridgehead atoms. The maximum absolute atomic E-state index is 13.1. The number of amides is 1. The van der Waals surface area contributed by atoms with Crippen molar-refractivity contribution in [3.8, 4) is 0 Å². The summed E-state index contributed by atoms with van der Waals surface area (Å²) in [6, 6.07) is 2.70. The third kappa shape index (κ3) is 4.51. The van der Waals surface area contributed by atoms with Gasteiger partial charge in [-0.15, -0.1) is 0 Å². The van der Waals surface area contributed by atoms with Crippen molar-refractivity contribution in [3.05, 3.63) is 39.7 Å². The number of nitrogens with one attached hydrogen (secondary N) is 1. The van der Waals surface area contributed by atoms with Crippen LogP contribution in [0.25, 0.3) is 0 Å². The molecular weight excluding hydrogens is 271 g/mol. The molecule has 5 nitrogen and oxygen atoms in total. The number of rotatable bonds is 6. The van der Waals surface area contributed by atoms with Crippen molar-refractivity contribution in [1.29, 1.82) is 0 Å². The van der Waals surface area contributed by atoms with Gasteiger partial charge in [0.25, 0.3) is 11.6 Å². The largest absolute Gasteiger partial charge is 0.349 e. The molecule has 0 saturated carbocycles. The minimum Gasteiger partial charge on any atom is -0.349 e. The number of benzene rings is 1. The highest BCUT2D eigenvalue weighted by atomic mass is 32.2.